The molecule has 0 aromatic heterocycles. The first-order valence-electron chi connectivity index (χ1n) is 9.13. The number of carbonyl (C=O) groups excluding carboxylic acids is 2. The summed E-state index contributed by atoms with van der Waals surface area (Å²) in [7, 11) is 1.48. The first-order valence-corrected chi connectivity index (χ1v) is 9.13. The van der Waals surface area contributed by atoms with E-state index in [2.05, 4.69) is 0 Å². The summed E-state index contributed by atoms with van der Waals surface area (Å²) in [5, 5.41) is 9.61. The van der Waals surface area contributed by atoms with Crippen molar-refractivity contribution in [3.8, 4) is 22.6 Å². The van der Waals surface area contributed by atoms with Gasteiger partial charge in [0.15, 0.2) is 17.3 Å². The fourth-order valence-electron chi connectivity index (χ4n) is 3.01. The van der Waals surface area contributed by atoms with Crippen molar-refractivity contribution in [3.05, 3.63) is 83.9 Å². The Balaban J connectivity index is 1.56. The lowest BCUT2D eigenvalue weighted by molar-refractivity contribution is -0.118. The topological polar surface area (TPSA) is 63.6 Å². The first kappa shape index (κ1) is 19.4. The van der Waals surface area contributed by atoms with Crippen LogP contribution in [0.25, 0.3) is 11.1 Å². The Kier molecular flexibility index (Phi) is 6.22. The zero-order valence-corrected chi connectivity index (χ0v) is 15.7. The summed E-state index contributed by atoms with van der Waals surface area (Å²) in [5.41, 5.74) is 3.54. The molecule has 0 saturated carbocycles. The summed E-state index contributed by atoms with van der Waals surface area (Å²) in [6, 6.07) is 22.2. The Bertz CT molecular complexity index is 960. The highest BCUT2D eigenvalue weighted by atomic mass is 16.5. The zero-order valence-electron chi connectivity index (χ0n) is 15.7. The number of aromatic hydroxyl groups is 1. The van der Waals surface area contributed by atoms with Gasteiger partial charge in [-0.25, -0.2) is 0 Å². The van der Waals surface area contributed by atoms with Gasteiger partial charge in [-0.2, -0.15) is 0 Å². The third-order valence-electron chi connectivity index (χ3n) is 4.61. The van der Waals surface area contributed by atoms with Crippen LogP contribution in [0.2, 0.25) is 0 Å². The number of benzene rings is 3. The Labute approximate surface area is 164 Å². The van der Waals surface area contributed by atoms with E-state index in [1.807, 2.05) is 42.5 Å². The van der Waals surface area contributed by atoms with E-state index < -0.39 is 0 Å². The normalized spacial score (nSPS) is 10.5. The molecule has 4 nitrogen and oxygen atoms in total. The van der Waals surface area contributed by atoms with Crippen molar-refractivity contribution in [1.82, 2.24) is 0 Å². The predicted octanol–water partition coefficient (Wildman–Crippen LogP) is 4.84. The van der Waals surface area contributed by atoms with Gasteiger partial charge in [-0.1, -0.05) is 60.7 Å². The van der Waals surface area contributed by atoms with Crippen molar-refractivity contribution >= 4 is 11.6 Å². The maximum Gasteiger partial charge on any atom is 0.170 e. The fraction of sp³-hybridized carbons (Fsp3) is 0.167. The summed E-state index contributed by atoms with van der Waals surface area (Å²) in [6.07, 6.45) is 0.650. The van der Waals surface area contributed by atoms with Crippen molar-refractivity contribution in [2.45, 2.75) is 19.3 Å². The number of methoxy groups -OCH3 is 1. The van der Waals surface area contributed by atoms with Crippen LogP contribution in [0, 0.1) is 0 Å². The molecule has 0 amide bonds. The van der Waals surface area contributed by atoms with Gasteiger partial charge in [-0.3, -0.25) is 9.59 Å². The Morgan fingerprint density at radius 3 is 2.25 bits per heavy atom. The number of hydrogen-bond donors (Lipinski definition) is 1. The second-order valence-electron chi connectivity index (χ2n) is 6.59. The van der Waals surface area contributed by atoms with Gasteiger partial charge in [0.1, 0.15) is 5.78 Å². The maximum absolute atomic E-state index is 12.4. The third-order valence-corrected chi connectivity index (χ3v) is 4.61. The standard InChI is InChI=1S/C24H22O4/c1-28-24-15-17(8-14-22(24)26)7-13-21(25)16-23(27)20-11-9-19(10-12-20)18-5-3-2-4-6-18/h2-6,8-12,14-15,26H,7,13,16H2,1H3. The molecule has 0 spiro atoms. The minimum atomic E-state index is -0.173. The maximum atomic E-state index is 12.4. The van der Waals surface area contributed by atoms with Gasteiger partial charge in [0.05, 0.1) is 13.5 Å². The van der Waals surface area contributed by atoms with Crippen molar-refractivity contribution in [2.24, 2.45) is 0 Å². The SMILES string of the molecule is COc1cc(CCC(=O)CC(=O)c2ccc(-c3ccccc3)cc2)ccc1O. The van der Waals surface area contributed by atoms with Gasteiger partial charge in [0, 0.05) is 12.0 Å². The smallest absolute Gasteiger partial charge is 0.170 e. The summed E-state index contributed by atoms with van der Waals surface area (Å²) >= 11 is 0. The van der Waals surface area contributed by atoms with Crippen LogP contribution in [0.1, 0.15) is 28.8 Å². The summed E-state index contributed by atoms with van der Waals surface area (Å²) < 4.78 is 5.07. The number of phenols is 1. The number of hydrogen-bond acceptors (Lipinski definition) is 4. The molecular weight excluding hydrogens is 352 g/mol. The van der Waals surface area contributed by atoms with Crippen LogP contribution in [0.15, 0.2) is 72.8 Å². The number of ether oxygens (including phenoxy) is 1. The Morgan fingerprint density at radius 1 is 0.893 bits per heavy atom. The average molecular weight is 374 g/mol. The number of rotatable bonds is 8. The molecule has 0 aliphatic rings. The largest absolute Gasteiger partial charge is 0.504 e. The lowest BCUT2D eigenvalue weighted by Crippen LogP contribution is -2.09. The van der Waals surface area contributed by atoms with E-state index in [9.17, 15) is 14.7 Å². The Morgan fingerprint density at radius 2 is 1.57 bits per heavy atom. The van der Waals surface area contributed by atoms with Crippen LogP contribution in [-0.2, 0) is 11.2 Å². The number of ketones is 2. The zero-order chi connectivity index (χ0) is 19.9. The predicted molar refractivity (Wildman–Crippen MR) is 109 cm³/mol. The Hall–Kier alpha value is -3.40. The van der Waals surface area contributed by atoms with E-state index >= 15 is 0 Å². The number of phenolic OH excluding ortho intramolecular Hbond substituents is 1. The molecule has 3 aromatic carbocycles. The molecular formula is C24H22O4. The molecule has 0 aliphatic heterocycles. The average Bonchev–Trinajstić information content (AvgIpc) is 2.74. The number of Topliss-reactive ketones (excluding diaryl/α,β-unsaturated/α-hetero) is 2. The van der Waals surface area contributed by atoms with E-state index in [4.69, 9.17) is 4.74 Å². The molecule has 0 atom stereocenters. The highest BCUT2D eigenvalue weighted by Gasteiger charge is 2.13. The fourth-order valence-corrected chi connectivity index (χ4v) is 3.01. The molecule has 0 fully saturated rings. The van der Waals surface area contributed by atoms with Crippen LogP contribution < -0.4 is 4.74 Å². The van der Waals surface area contributed by atoms with E-state index in [-0.39, 0.29) is 30.2 Å². The van der Waals surface area contributed by atoms with Crippen LogP contribution in [0.3, 0.4) is 0 Å². The molecule has 142 valence electrons. The third kappa shape index (κ3) is 4.86. The summed E-state index contributed by atoms with van der Waals surface area (Å²) in [5.74, 6) is 0.156. The lowest BCUT2D eigenvalue weighted by atomic mass is 9.99. The molecule has 0 aliphatic carbocycles. The summed E-state index contributed by atoms with van der Waals surface area (Å²) in [6.45, 7) is 0. The minimum Gasteiger partial charge on any atom is -0.504 e. The minimum absolute atomic E-state index is 0.0618. The van der Waals surface area contributed by atoms with E-state index in [1.54, 1.807) is 24.3 Å². The second-order valence-corrected chi connectivity index (χ2v) is 6.59. The molecule has 3 rings (SSSR count). The monoisotopic (exact) mass is 374 g/mol. The molecule has 0 radical (unpaired) electrons. The quantitative estimate of drug-likeness (QED) is 0.452. The van der Waals surface area contributed by atoms with Crippen molar-refractivity contribution in [3.63, 3.8) is 0 Å². The van der Waals surface area contributed by atoms with Crippen LogP contribution >= 0.6 is 0 Å². The lowest BCUT2D eigenvalue weighted by Gasteiger charge is -2.07. The number of aryl methyl sites for hydroxylation is 1. The molecule has 0 saturated heterocycles. The van der Waals surface area contributed by atoms with Crippen molar-refractivity contribution < 1.29 is 19.4 Å². The first-order chi connectivity index (χ1) is 13.6. The van der Waals surface area contributed by atoms with Gasteiger partial charge in [0.2, 0.25) is 0 Å². The highest BCUT2D eigenvalue weighted by Crippen LogP contribution is 2.27. The molecule has 3 aromatic rings. The van der Waals surface area contributed by atoms with Crippen LogP contribution in [0.5, 0.6) is 11.5 Å². The molecule has 4 heteroatoms. The molecule has 0 unspecified atom stereocenters. The van der Waals surface area contributed by atoms with Gasteiger partial charge in [-0.15, -0.1) is 0 Å². The number of carbonyl (C=O) groups is 2. The van der Waals surface area contributed by atoms with Gasteiger partial charge in [0.25, 0.3) is 0 Å². The van der Waals surface area contributed by atoms with E-state index in [0.717, 1.165) is 16.7 Å². The van der Waals surface area contributed by atoms with Crippen LogP contribution in [-0.4, -0.2) is 23.8 Å². The van der Waals surface area contributed by atoms with Gasteiger partial charge < -0.3 is 9.84 Å². The van der Waals surface area contributed by atoms with Crippen molar-refractivity contribution in [2.75, 3.05) is 7.11 Å². The molecule has 1 N–H and O–H groups in total. The van der Waals surface area contributed by atoms with E-state index in [0.29, 0.717) is 17.7 Å². The molecule has 0 heterocycles. The van der Waals surface area contributed by atoms with Gasteiger partial charge in [-0.05, 0) is 35.2 Å². The molecule has 0 bridgehead atoms. The second kappa shape index (κ2) is 9.00. The summed E-state index contributed by atoms with van der Waals surface area (Å²) in [4.78, 5) is 24.6. The highest BCUT2D eigenvalue weighted by molar-refractivity contribution is 6.08. The van der Waals surface area contributed by atoms with Crippen LogP contribution in [0.4, 0.5) is 0 Å². The van der Waals surface area contributed by atoms with Crippen molar-refractivity contribution in [1.29, 1.82) is 0 Å². The van der Waals surface area contributed by atoms with E-state index in [1.165, 1.54) is 13.2 Å². The molecule has 28 heavy (non-hydrogen) atoms. The van der Waals surface area contributed by atoms with Gasteiger partial charge >= 0.3 is 0 Å².